The number of hydrogen-bond donors (Lipinski definition) is 1. The van der Waals surface area contributed by atoms with Crippen LogP contribution in [0.2, 0.25) is 0 Å². The van der Waals surface area contributed by atoms with Crippen LogP contribution in [0.15, 0.2) is 29.6 Å². The molecule has 0 amide bonds. The lowest BCUT2D eigenvalue weighted by Crippen LogP contribution is -2.15. The van der Waals surface area contributed by atoms with Gasteiger partial charge in [-0.25, -0.2) is 0 Å². The summed E-state index contributed by atoms with van der Waals surface area (Å²) >= 11 is 1.51. The molecule has 1 nitrogen and oxygen atoms in total. The summed E-state index contributed by atoms with van der Waals surface area (Å²) in [5.41, 5.74) is 6.63. The molecule has 1 atom stereocenters. The molecule has 1 aromatic heterocycles. The Kier molecular flexibility index (Phi) is 3.40. The Hall–Kier alpha value is -1.07. The SMILES string of the molecule is N[C@@H](CCC(F)(F)F)c1csc2ccccc12. The van der Waals surface area contributed by atoms with E-state index in [9.17, 15) is 13.2 Å². The van der Waals surface area contributed by atoms with Crippen molar-refractivity contribution in [1.82, 2.24) is 0 Å². The number of alkyl halides is 3. The summed E-state index contributed by atoms with van der Waals surface area (Å²) in [6.07, 6.45) is -5.04. The van der Waals surface area contributed by atoms with Gasteiger partial charge in [-0.3, -0.25) is 0 Å². The second-order valence-corrected chi connectivity index (χ2v) is 4.86. The Morgan fingerprint density at radius 1 is 1.24 bits per heavy atom. The number of halogens is 3. The van der Waals surface area contributed by atoms with Crippen molar-refractivity contribution in [3.63, 3.8) is 0 Å². The normalized spacial score (nSPS) is 14.1. The predicted octanol–water partition coefficient (Wildman–Crippen LogP) is 4.24. The fraction of sp³-hybridized carbons (Fsp3) is 0.333. The fourth-order valence-corrected chi connectivity index (χ4v) is 2.79. The van der Waals surface area contributed by atoms with Gasteiger partial charge in [0.1, 0.15) is 0 Å². The van der Waals surface area contributed by atoms with Gasteiger partial charge < -0.3 is 5.73 Å². The highest BCUT2D eigenvalue weighted by atomic mass is 32.1. The van der Waals surface area contributed by atoms with Crippen molar-refractivity contribution >= 4 is 21.4 Å². The smallest absolute Gasteiger partial charge is 0.324 e. The zero-order valence-corrected chi connectivity index (χ0v) is 9.81. The Morgan fingerprint density at radius 2 is 1.94 bits per heavy atom. The summed E-state index contributed by atoms with van der Waals surface area (Å²) in [7, 11) is 0. The van der Waals surface area contributed by atoms with Gasteiger partial charge in [-0.15, -0.1) is 11.3 Å². The van der Waals surface area contributed by atoms with Crippen LogP contribution in [0.1, 0.15) is 24.4 Å². The van der Waals surface area contributed by atoms with Gasteiger partial charge in [-0.05, 0) is 28.8 Å². The Morgan fingerprint density at radius 3 is 2.65 bits per heavy atom. The van der Waals surface area contributed by atoms with E-state index in [1.165, 1.54) is 11.3 Å². The monoisotopic (exact) mass is 259 g/mol. The second kappa shape index (κ2) is 4.66. The number of fused-ring (bicyclic) bond motifs is 1. The molecular weight excluding hydrogens is 247 g/mol. The topological polar surface area (TPSA) is 26.0 Å². The number of hydrogen-bond acceptors (Lipinski definition) is 2. The molecule has 5 heteroatoms. The minimum absolute atomic E-state index is 0.0653. The van der Waals surface area contributed by atoms with Gasteiger partial charge in [-0.2, -0.15) is 13.2 Å². The summed E-state index contributed by atoms with van der Waals surface area (Å²) in [6, 6.07) is 7.07. The van der Waals surface area contributed by atoms with Crippen molar-refractivity contribution < 1.29 is 13.2 Å². The molecule has 0 bridgehead atoms. The lowest BCUT2D eigenvalue weighted by Gasteiger charge is -2.12. The highest BCUT2D eigenvalue weighted by Crippen LogP contribution is 2.33. The van der Waals surface area contributed by atoms with E-state index in [4.69, 9.17) is 5.73 Å². The zero-order chi connectivity index (χ0) is 12.5. The molecule has 0 saturated heterocycles. The minimum Gasteiger partial charge on any atom is -0.324 e. The molecule has 0 aliphatic carbocycles. The van der Waals surface area contributed by atoms with Crippen molar-refractivity contribution in [2.45, 2.75) is 25.1 Å². The number of benzene rings is 1. The lowest BCUT2D eigenvalue weighted by molar-refractivity contribution is -0.136. The van der Waals surface area contributed by atoms with Crippen LogP contribution in [0.3, 0.4) is 0 Å². The molecule has 2 rings (SSSR count). The molecular formula is C12H12F3NS. The van der Waals surface area contributed by atoms with Crippen molar-refractivity contribution in [2.75, 3.05) is 0 Å². The molecule has 0 radical (unpaired) electrons. The first-order valence-corrected chi connectivity index (χ1v) is 6.14. The molecule has 0 aliphatic rings. The van der Waals surface area contributed by atoms with Crippen LogP contribution in [0.25, 0.3) is 10.1 Å². The highest BCUT2D eigenvalue weighted by molar-refractivity contribution is 7.17. The van der Waals surface area contributed by atoms with Gasteiger partial charge in [0.25, 0.3) is 0 Å². The number of thiophene rings is 1. The van der Waals surface area contributed by atoms with E-state index in [0.717, 1.165) is 15.6 Å². The average molecular weight is 259 g/mol. The third-order valence-electron chi connectivity index (χ3n) is 2.65. The molecule has 2 N–H and O–H groups in total. The summed E-state index contributed by atoms with van der Waals surface area (Å²) in [5.74, 6) is 0. The van der Waals surface area contributed by atoms with Crippen LogP contribution in [0.4, 0.5) is 13.2 Å². The molecule has 0 fully saturated rings. The first-order chi connectivity index (χ1) is 7.97. The third-order valence-corrected chi connectivity index (χ3v) is 3.63. The van der Waals surface area contributed by atoms with Gasteiger partial charge in [0, 0.05) is 17.2 Å². The molecule has 0 unspecified atom stereocenters. The zero-order valence-electron chi connectivity index (χ0n) is 9.00. The molecule has 0 aliphatic heterocycles. The van der Waals surface area contributed by atoms with Crippen LogP contribution in [0.5, 0.6) is 0 Å². The van der Waals surface area contributed by atoms with E-state index in [1.54, 1.807) is 0 Å². The van der Waals surface area contributed by atoms with Gasteiger partial charge in [-0.1, -0.05) is 18.2 Å². The Balaban J connectivity index is 2.16. The maximum atomic E-state index is 12.1. The quantitative estimate of drug-likeness (QED) is 0.876. The van der Waals surface area contributed by atoms with Crippen LogP contribution in [-0.2, 0) is 0 Å². The van der Waals surface area contributed by atoms with Gasteiger partial charge >= 0.3 is 6.18 Å². The first kappa shape index (κ1) is 12.4. The summed E-state index contributed by atoms with van der Waals surface area (Å²) < 4.78 is 37.4. The van der Waals surface area contributed by atoms with Crippen molar-refractivity contribution in [1.29, 1.82) is 0 Å². The molecule has 92 valence electrons. The van der Waals surface area contributed by atoms with E-state index in [2.05, 4.69) is 0 Å². The second-order valence-electron chi connectivity index (χ2n) is 3.95. The largest absolute Gasteiger partial charge is 0.389 e. The number of nitrogens with two attached hydrogens (primary N) is 1. The van der Waals surface area contributed by atoms with Crippen molar-refractivity contribution in [3.05, 3.63) is 35.2 Å². The summed E-state index contributed by atoms with van der Waals surface area (Å²) in [4.78, 5) is 0. The van der Waals surface area contributed by atoms with Crippen molar-refractivity contribution in [3.8, 4) is 0 Å². The summed E-state index contributed by atoms with van der Waals surface area (Å²) in [6.45, 7) is 0. The van der Waals surface area contributed by atoms with Gasteiger partial charge in [0.15, 0.2) is 0 Å². The molecule has 2 aromatic rings. The van der Waals surface area contributed by atoms with Crippen LogP contribution in [0, 0.1) is 0 Å². The highest BCUT2D eigenvalue weighted by Gasteiger charge is 2.28. The molecule has 1 heterocycles. The molecule has 17 heavy (non-hydrogen) atoms. The first-order valence-electron chi connectivity index (χ1n) is 5.26. The minimum atomic E-state index is -4.14. The maximum absolute atomic E-state index is 12.1. The fourth-order valence-electron chi connectivity index (χ4n) is 1.76. The molecule has 1 aromatic carbocycles. The predicted molar refractivity (Wildman–Crippen MR) is 64.0 cm³/mol. The van der Waals surface area contributed by atoms with Gasteiger partial charge in [0.2, 0.25) is 0 Å². The van der Waals surface area contributed by atoms with Crippen LogP contribution < -0.4 is 5.73 Å². The van der Waals surface area contributed by atoms with E-state index in [-0.39, 0.29) is 6.42 Å². The average Bonchev–Trinajstić information content (AvgIpc) is 2.68. The molecule has 0 spiro atoms. The Bertz CT molecular complexity index is 504. The molecule has 0 saturated carbocycles. The third kappa shape index (κ3) is 2.98. The van der Waals surface area contributed by atoms with Gasteiger partial charge in [0.05, 0.1) is 0 Å². The van der Waals surface area contributed by atoms with E-state index in [0.29, 0.717) is 0 Å². The lowest BCUT2D eigenvalue weighted by atomic mass is 10.0. The summed E-state index contributed by atoms with van der Waals surface area (Å²) in [5, 5.41) is 2.82. The maximum Gasteiger partial charge on any atom is 0.389 e. The van der Waals surface area contributed by atoms with E-state index in [1.807, 2.05) is 29.6 Å². The van der Waals surface area contributed by atoms with Crippen LogP contribution in [-0.4, -0.2) is 6.18 Å². The van der Waals surface area contributed by atoms with E-state index < -0.39 is 18.6 Å². The van der Waals surface area contributed by atoms with Crippen LogP contribution >= 0.6 is 11.3 Å². The Labute approximate surface area is 101 Å². The number of rotatable bonds is 3. The van der Waals surface area contributed by atoms with E-state index >= 15 is 0 Å². The van der Waals surface area contributed by atoms with Crippen molar-refractivity contribution in [2.24, 2.45) is 5.73 Å². The standard InChI is InChI=1S/C12H12F3NS/c13-12(14,15)6-5-10(16)9-7-17-11-4-2-1-3-8(9)11/h1-4,7,10H,5-6,16H2/t10-/m0/s1.